The number of likely N-dealkylation sites (tertiary alicyclic amines) is 1. The van der Waals surface area contributed by atoms with Gasteiger partial charge in [0, 0.05) is 0 Å². The fourth-order valence-corrected chi connectivity index (χ4v) is 2.24. The van der Waals surface area contributed by atoms with Gasteiger partial charge in [0.1, 0.15) is 17.8 Å². The first kappa shape index (κ1) is 13.6. The van der Waals surface area contributed by atoms with E-state index in [1.54, 1.807) is 34.6 Å². The van der Waals surface area contributed by atoms with Gasteiger partial charge in [-0.25, -0.2) is 4.79 Å². The van der Waals surface area contributed by atoms with E-state index in [2.05, 4.69) is 0 Å². The average Bonchev–Trinajstić information content (AvgIpc) is 2.58. The number of aliphatic hydroxyl groups is 1. The Morgan fingerprint density at radius 3 is 2.50 bits per heavy atom. The summed E-state index contributed by atoms with van der Waals surface area (Å²) in [6.07, 6.45) is -2.38. The van der Waals surface area contributed by atoms with Crippen LogP contribution in [0.4, 0.5) is 4.79 Å². The molecule has 18 heavy (non-hydrogen) atoms. The lowest BCUT2D eigenvalue weighted by atomic mass is 10.2. The SMILES string of the molecule is CC(C)(C)OC(=O)N1C[C@H]2OC(C)(C)O[C@H]2[C@@H]1O. The van der Waals surface area contributed by atoms with Crippen molar-refractivity contribution in [2.75, 3.05) is 6.54 Å². The van der Waals surface area contributed by atoms with Crippen LogP contribution in [0.1, 0.15) is 34.6 Å². The zero-order valence-electron chi connectivity index (χ0n) is 11.5. The van der Waals surface area contributed by atoms with Crippen LogP contribution >= 0.6 is 0 Å². The van der Waals surface area contributed by atoms with E-state index in [9.17, 15) is 9.90 Å². The lowest BCUT2D eigenvalue weighted by Crippen LogP contribution is -2.44. The Hall–Kier alpha value is -0.850. The summed E-state index contributed by atoms with van der Waals surface area (Å²) >= 11 is 0. The maximum absolute atomic E-state index is 11.9. The molecule has 0 aromatic carbocycles. The van der Waals surface area contributed by atoms with Gasteiger partial charge in [0.05, 0.1) is 6.54 Å². The van der Waals surface area contributed by atoms with E-state index in [0.717, 1.165) is 0 Å². The number of aliphatic hydroxyl groups excluding tert-OH is 1. The molecule has 0 aliphatic carbocycles. The van der Waals surface area contributed by atoms with Gasteiger partial charge in [-0.15, -0.1) is 0 Å². The minimum absolute atomic E-state index is 0.282. The lowest BCUT2D eigenvalue weighted by molar-refractivity contribution is -0.177. The molecule has 1 N–H and O–H groups in total. The van der Waals surface area contributed by atoms with E-state index in [-0.39, 0.29) is 12.6 Å². The summed E-state index contributed by atoms with van der Waals surface area (Å²) in [7, 11) is 0. The predicted octanol–water partition coefficient (Wildman–Crippen LogP) is 1.08. The van der Waals surface area contributed by atoms with Crippen LogP contribution in [0.3, 0.4) is 0 Å². The molecule has 0 aromatic rings. The summed E-state index contributed by atoms with van der Waals surface area (Å²) in [5.41, 5.74) is -0.588. The standard InChI is InChI=1S/C12H21NO5/c1-11(2,3)18-10(15)13-6-7-8(9(13)14)17-12(4,5)16-7/h7-9,14H,6H2,1-5H3/t7-,8-,9+/m1/s1. The van der Waals surface area contributed by atoms with E-state index in [4.69, 9.17) is 14.2 Å². The largest absolute Gasteiger partial charge is 0.444 e. The number of hydrogen-bond donors (Lipinski definition) is 1. The van der Waals surface area contributed by atoms with Crippen LogP contribution in [0.5, 0.6) is 0 Å². The van der Waals surface area contributed by atoms with Crippen molar-refractivity contribution in [2.24, 2.45) is 0 Å². The second-order valence-electron chi connectivity index (χ2n) is 6.18. The van der Waals surface area contributed by atoms with E-state index in [1.165, 1.54) is 4.90 Å². The molecule has 2 aliphatic heterocycles. The third kappa shape index (κ3) is 2.60. The summed E-state index contributed by atoms with van der Waals surface area (Å²) in [5, 5.41) is 10.1. The van der Waals surface area contributed by atoms with Gasteiger partial charge >= 0.3 is 6.09 Å². The zero-order chi connectivity index (χ0) is 13.7. The van der Waals surface area contributed by atoms with E-state index in [0.29, 0.717) is 0 Å². The number of ether oxygens (including phenoxy) is 3. The van der Waals surface area contributed by atoms with Crippen molar-refractivity contribution in [3.05, 3.63) is 0 Å². The molecule has 2 aliphatic rings. The van der Waals surface area contributed by atoms with Crippen LogP contribution in [0.25, 0.3) is 0 Å². The second kappa shape index (κ2) is 4.08. The van der Waals surface area contributed by atoms with Gasteiger partial charge in [-0.2, -0.15) is 0 Å². The van der Waals surface area contributed by atoms with Gasteiger partial charge < -0.3 is 19.3 Å². The van der Waals surface area contributed by atoms with Crippen LogP contribution in [0.15, 0.2) is 0 Å². The molecule has 2 fully saturated rings. The van der Waals surface area contributed by atoms with Gasteiger partial charge in [-0.1, -0.05) is 0 Å². The zero-order valence-corrected chi connectivity index (χ0v) is 11.5. The first-order chi connectivity index (χ1) is 8.09. The molecule has 0 radical (unpaired) electrons. The van der Waals surface area contributed by atoms with Crippen molar-refractivity contribution in [1.29, 1.82) is 0 Å². The molecule has 104 valence electrons. The molecule has 6 heteroatoms. The highest BCUT2D eigenvalue weighted by Crippen LogP contribution is 2.36. The molecule has 0 bridgehead atoms. The third-order valence-corrected chi connectivity index (χ3v) is 2.84. The topological polar surface area (TPSA) is 68.2 Å². The molecule has 0 saturated carbocycles. The number of carbonyl (C=O) groups is 1. The van der Waals surface area contributed by atoms with Crippen molar-refractivity contribution < 1.29 is 24.1 Å². The van der Waals surface area contributed by atoms with Gasteiger partial charge in [0.15, 0.2) is 12.0 Å². The lowest BCUT2D eigenvalue weighted by Gasteiger charge is -2.29. The summed E-state index contributed by atoms with van der Waals surface area (Å²) < 4.78 is 16.4. The van der Waals surface area contributed by atoms with Crippen molar-refractivity contribution in [3.63, 3.8) is 0 Å². The Labute approximate surface area is 107 Å². The van der Waals surface area contributed by atoms with Crippen molar-refractivity contribution in [3.8, 4) is 0 Å². The first-order valence-electron chi connectivity index (χ1n) is 6.12. The number of carbonyl (C=O) groups excluding carboxylic acids is 1. The van der Waals surface area contributed by atoms with Crippen LogP contribution in [0.2, 0.25) is 0 Å². The van der Waals surface area contributed by atoms with E-state index in [1.807, 2.05) is 0 Å². The summed E-state index contributed by atoms with van der Waals surface area (Å²) in [4.78, 5) is 13.1. The number of rotatable bonds is 0. The monoisotopic (exact) mass is 259 g/mol. The Bertz CT molecular complexity index is 349. The average molecular weight is 259 g/mol. The fourth-order valence-electron chi connectivity index (χ4n) is 2.24. The maximum Gasteiger partial charge on any atom is 0.412 e. The Kier molecular flexibility index (Phi) is 3.08. The minimum Gasteiger partial charge on any atom is -0.444 e. The Morgan fingerprint density at radius 1 is 1.39 bits per heavy atom. The highest BCUT2D eigenvalue weighted by Gasteiger charge is 2.54. The van der Waals surface area contributed by atoms with Crippen LogP contribution in [-0.4, -0.2) is 52.5 Å². The summed E-state index contributed by atoms with van der Waals surface area (Å²) in [5.74, 6) is -0.712. The summed E-state index contributed by atoms with van der Waals surface area (Å²) in [6.45, 7) is 9.20. The molecule has 6 nitrogen and oxygen atoms in total. The highest BCUT2D eigenvalue weighted by molar-refractivity contribution is 5.69. The molecule has 3 atom stereocenters. The fraction of sp³-hybridized carbons (Fsp3) is 0.917. The number of hydrogen-bond acceptors (Lipinski definition) is 5. The first-order valence-corrected chi connectivity index (χ1v) is 6.12. The Morgan fingerprint density at radius 2 is 2.00 bits per heavy atom. The number of nitrogens with zero attached hydrogens (tertiary/aromatic N) is 1. The number of amides is 1. The van der Waals surface area contributed by atoms with Gasteiger partial charge in [-0.3, -0.25) is 4.90 Å². The molecule has 0 unspecified atom stereocenters. The molecular formula is C12H21NO5. The summed E-state index contributed by atoms with van der Waals surface area (Å²) in [6, 6.07) is 0. The normalized spacial score (nSPS) is 34.6. The predicted molar refractivity (Wildman–Crippen MR) is 62.8 cm³/mol. The number of fused-ring (bicyclic) bond motifs is 1. The van der Waals surface area contributed by atoms with Crippen molar-refractivity contribution >= 4 is 6.09 Å². The second-order valence-corrected chi connectivity index (χ2v) is 6.18. The quantitative estimate of drug-likeness (QED) is 0.705. The highest BCUT2D eigenvalue weighted by atomic mass is 16.8. The minimum atomic E-state index is -1.02. The third-order valence-electron chi connectivity index (χ3n) is 2.84. The smallest absolute Gasteiger partial charge is 0.412 e. The van der Waals surface area contributed by atoms with Crippen molar-refractivity contribution in [2.45, 2.75) is 64.4 Å². The van der Waals surface area contributed by atoms with Crippen molar-refractivity contribution in [1.82, 2.24) is 4.90 Å². The Balaban J connectivity index is 2.01. The maximum atomic E-state index is 11.9. The van der Waals surface area contributed by atoms with Crippen LogP contribution in [0, 0.1) is 0 Å². The van der Waals surface area contributed by atoms with Crippen LogP contribution < -0.4 is 0 Å². The molecule has 1 amide bonds. The molecule has 2 rings (SSSR count). The van der Waals surface area contributed by atoms with E-state index < -0.39 is 29.8 Å². The van der Waals surface area contributed by atoms with E-state index >= 15 is 0 Å². The molecule has 0 aromatic heterocycles. The van der Waals surface area contributed by atoms with Crippen LogP contribution in [-0.2, 0) is 14.2 Å². The van der Waals surface area contributed by atoms with Gasteiger partial charge in [0.2, 0.25) is 0 Å². The molecule has 2 saturated heterocycles. The molecule has 2 heterocycles. The van der Waals surface area contributed by atoms with Gasteiger partial charge in [-0.05, 0) is 34.6 Å². The van der Waals surface area contributed by atoms with Gasteiger partial charge in [0.25, 0.3) is 0 Å². The molecule has 0 spiro atoms. The molecular weight excluding hydrogens is 238 g/mol.